The van der Waals surface area contributed by atoms with Crippen LogP contribution in [0.15, 0.2) is 133 Å². The Labute approximate surface area is 240 Å². The lowest BCUT2D eigenvalue weighted by atomic mass is 9.93. The Hall–Kier alpha value is -5.74. The van der Waals surface area contributed by atoms with E-state index in [1.54, 1.807) is 0 Å². The number of nitrogens with zero attached hydrogens (tertiary/aromatic N) is 4. The predicted molar refractivity (Wildman–Crippen MR) is 174 cm³/mol. The second-order valence-corrected chi connectivity index (χ2v) is 10.8. The minimum absolute atomic E-state index is 0.509. The maximum atomic E-state index is 4.54. The Bertz CT molecular complexity index is 2270. The van der Waals surface area contributed by atoms with E-state index in [9.17, 15) is 0 Å². The van der Waals surface area contributed by atoms with Crippen molar-refractivity contribution < 1.29 is 0 Å². The summed E-state index contributed by atoms with van der Waals surface area (Å²) in [6, 6.07) is 47.0. The molecule has 0 aliphatic carbocycles. The fourth-order valence-corrected chi connectivity index (χ4v) is 6.55. The van der Waals surface area contributed by atoms with Gasteiger partial charge in [-0.25, -0.2) is 0 Å². The van der Waals surface area contributed by atoms with E-state index in [4.69, 9.17) is 0 Å². The molecule has 8 aromatic carbocycles. The molecule has 0 amide bonds. The van der Waals surface area contributed by atoms with Gasteiger partial charge in [0.1, 0.15) is 0 Å². The van der Waals surface area contributed by atoms with Crippen molar-refractivity contribution in [3.63, 3.8) is 0 Å². The van der Waals surface area contributed by atoms with Crippen LogP contribution in [0.1, 0.15) is 0 Å². The zero-order chi connectivity index (χ0) is 27.6. The zero-order valence-corrected chi connectivity index (χ0v) is 22.5. The molecule has 0 saturated heterocycles. The molecule has 9 aromatic rings. The third-order valence-corrected chi connectivity index (χ3v) is 8.48. The van der Waals surface area contributed by atoms with Gasteiger partial charge in [-0.15, -0.1) is 20.4 Å². The van der Waals surface area contributed by atoms with E-state index in [0.717, 1.165) is 11.1 Å². The summed E-state index contributed by atoms with van der Waals surface area (Å²) in [6.07, 6.45) is 0. The molecule has 9 rings (SSSR count). The van der Waals surface area contributed by atoms with Gasteiger partial charge < -0.3 is 0 Å². The molecule has 0 atom stereocenters. The SMILES string of the molecule is c1ccc2c(c1)c1ccccc1c1cc(-c3nnc(-c4ccc5c6ccccc6c6ccccc6c5c4)nn3)ccc21. The van der Waals surface area contributed by atoms with Crippen LogP contribution in [0.3, 0.4) is 0 Å². The van der Waals surface area contributed by atoms with Crippen molar-refractivity contribution in [2.45, 2.75) is 0 Å². The summed E-state index contributed by atoms with van der Waals surface area (Å²) in [5.74, 6) is 1.02. The van der Waals surface area contributed by atoms with Gasteiger partial charge >= 0.3 is 0 Å². The summed E-state index contributed by atoms with van der Waals surface area (Å²) in [6.45, 7) is 0. The Morgan fingerprint density at radius 2 is 0.476 bits per heavy atom. The van der Waals surface area contributed by atoms with Crippen molar-refractivity contribution in [2.75, 3.05) is 0 Å². The number of fused-ring (bicyclic) bond motifs is 12. The molecule has 4 heteroatoms. The monoisotopic (exact) mass is 534 g/mol. The van der Waals surface area contributed by atoms with Crippen LogP contribution >= 0.6 is 0 Å². The zero-order valence-electron chi connectivity index (χ0n) is 22.5. The average Bonchev–Trinajstić information content (AvgIpc) is 3.08. The van der Waals surface area contributed by atoms with E-state index >= 15 is 0 Å². The molecule has 0 N–H and O–H groups in total. The lowest BCUT2D eigenvalue weighted by Crippen LogP contribution is -1.99. The molecule has 0 aliphatic heterocycles. The minimum atomic E-state index is 0.509. The molecule has 1 heterocycles. The summed E-state index contributed by atoms with van der Waals surface area (Å²) in [5, 5.41) is 32.8. The number of rotatable bonds is 2. The summed E-state index contributed by atoms with van der Waals surface area (Å²) >= 11 is 0. The van der Waals surface area contributed by atoms with E-state index < -0.39 is 0 Å². The molecule has 4 nitrogen and oxygen atoms in total. The first kappa shape index (κ1) is 23.0. The van der Waals surface area contributed by atoms with Gasteiger partial charge in [0.2, 0.25) is 11.6 Å². The normalized spacial score (nSPS) is 11.8. The summed E-state index contributed by atoms with van der Waals surface area (Å²) < 4.78 is 0. The van der Waals surface area contributed by atoms with Crippen molar-refractivity contribution >= 4 is 64.6 Å². The highest BCUT2D eigenvalue weighted by molar-refractivity contribution is 6.26. The smallest absolute Gasteiger partial charge is 0.126 e. The Morgan fingerprint density at radius 3 is 0.762 bits per heavy atom. The molecular formula is C38H22N4. The van der Waals surface area contributed by atoms with Crippen molar-refractivity contribution in [2.24, 2.45) is 0 Å². The maximum absolute atomic E-state index is 4.54. The third-order valence-electron chi connectivity index (χ3n) is 8.48. The fraction of sp³-hybridized carbons (Fsp3) is 0. The molecule has 0 aliphatic rings. The first-order valence-electron chi connectivity index (χ1n) is 14.1. The largest absolute Gasteiger partial charge is 0.203 e. The molecule has 1 aromatic heterocycles. The molecule has 42 heavy (non-hydrogen) atoms. The highest BCUT2D eigenvalue weighted by atomic mass is 15.3. The quantitative estimate of drug-likeness (QED) is 0.207. The topological polar surface area (TPSA) is 51.6 Å². The number of benzene rings is 8. The van der Waals surface area contributed by atoms with Crippen LogP contribution in [0.25, 0.3) is 87.4 Å². The summed E-state index contributed by atoms with van der Waals surface area (Å²) in [4.78, 5) is 0. The molecular weight excluding hydrogens is 512 g/mol. The lowest BCUT2D eigenvalue weighted by molar-refractivity contribution is 0.877. The first-order valence-corrected chi connectivity index (χ1v) is 14.1. The molecule has 0 bridgehead atoms. The van der Waals surface area contributed by atoms with Crippen LogP contribution in [0.4, 0.5) is 0 Å². The number of aromatic nitrogens is 4. The van der Waals surface area contributed by atoms with Crippen LogP contribution in [0.2, 0.25) is 0 Å². The van der Waals surface area contributed by atoms with Crippen molar-refractivity contribution in [1.82, 2.24) is 20.4 Å². The molecule has 0 fully saturated rings. The number of hydrogen-bond donors (Lipinski definition) is 0. The Kier molecular flexibility index (Phi) is 4.87. The van der Waals surface area contributed by atoms with Crippen LogP contribution in [0.5, 0.6) is 0 Å². The van der Waals surface area contributed by atoms with Crippen LogP contribution in [0, 0.1) is 0 Å². The lowest BCUT2D eigenvalue weighted by Gasteiger charge is -2.12. The standard InChI is InChI=1S/C38H22N4/c1-3-13-29-25(9-1)27-11-5-7-15-31(27)35-21-23(17-19-33(29)35)37-39-41-38(42-40-37)24-18-20-34-30-14-4-2-10-26(30)28-12-6-8-16-32(28)36(34)22-24/h1-22H. The second kappa shape index (κ2) is 8.88. The molecule has 0 saturated carbocycles. The Morgan fingerprint density at radius 1 is 0.238 bits per heavy atom. The highest BCUT2D eigenvalue weighted by Gasteiger charge is 2.14. The van der Waals surface area contributed by atoms with Gasteiger partial charge in [0.25, 0.3) is 0 Å². The van der Waals surface area contributed by atoms with E-state index in [-0.39, 0.29) is 0 Å². The van der Waals surface area contributed by atoms with Crippen LogP contribution in [-0.4, -0.2) is 20.4 Å². The van der Waals surface area contributed by atoms with Gasteiger partial charge in [0.05, 0.1) is 0 Å². The molecule has 0 unspecified atom stereocenters. The molecule has 0 radical (unpaired) electrons. The van der Waals surface area contributed by atoms with Crippen molar-refractivity contribution in [3.8, 4) is 22.8 Å². The van der Waals surface area contributed by atoms with Crippen molar-refractivity contribution in [3.05, 3.63) is 133 Å². The van der Waals surface area contributed by atoms with Gasteiger partial charge in [0, 0.05) is 11.1 Å². The van der Waals surface area contributed by atoms with Crippen LogP contribution in [-0.2, 0) is 0 Å². The van der Waals surface area contributed by atoms with Gasteiger partial charge in [-0.1, -0.05) is 121 Å². The summed E-state index contributed by atoms with van der Waals surface area (Å²) in [5.41, 5.74) is 1.79. The fourth-order valence-electron chi connectivity index (χ4n) is 6.55. The van der Waals surface area contributed by atoms with E-state index in [1.165, 1.54) is 64.6 Å². The van der Waals surface area contributed by atoms with E-state index in [0.29, 0.717) is 11.6 Å². The minimum Gasteiger partial charge on any atom is -0.126 e. The van der Waals surface area contributed by atoms with Gasteiger partial charge in [-0.3, -0.25) is 0 Å². The second-order valence-electron chi connectivity index (χ2n) is 10.8. The van der Waals surface area contributed by atoms with Gasteiger partial charge in [-0.05, 0) is 76.8 Å². The maximum Gasteiger partial charge on any atom is 0.203 e. The molecule has 0 spiro atoms. The van der Waals surface area contributed by atoms with Gasteiger partial charge in [0.15, 0.2) is 0 Å². The summed E-state index contributed by atoms with van der Waals surface area (Å²) in [7, 11) is 0. The van der Waals surface area contributed by atoms with Gasteiger partial charge in [-0.2, -0.15) is 0 Å². The Balaban J connectivity index is 1.17. The highest BCUT2D eigenvalue weighted by Crippen LogP contribution is 2.38. The van der Waals surface area contributed by atoms with E-state index in [2.05, 4.69) is 154 Å². The third kappa shape index (κ3) is 3.36. The number of hydrogen-bond acceptors (Lipinski definition) is 4. The average molecular weight is 535 g/mol. The van der Waals surface area contributed by atoms with E-state index in [1.807, 2.05) is 0 Å². The first-order chi connectivity index (χ1) is 20.8. The van der Waals surface area contributed by atoms with Crippen LogP contribution < -0.4 is 0 Å². The van der Waals surface area contributed by atoms with Crippen molar-refractivity contribution in [1.29, 1.82) is 0 Å². The molecule has 194 valence electrons. The predicted octanol–water partition coefficient (Wildman–Crippen LogP) is 9.52.